The van der Waals surface area contributed by atoms with Gasteiger partial charge in [0.1, 0.15) is 11.4 Å². The maximum Gasteiger partial charge on any atom is 0.324 e. The normalized spacial score (nSPS) is 17.5. The molecule has 106 valence electrons. The number of ether oxygens (including phenoxy) is 1. The van der Waals surface area contributed by atoms with Crippen LogP contribution in [0.25, 0.3) is 0 Å². The summed E-state index contributed by atoms with van der Waals surface area (Å²) in [7, 11) is 0. The molecule has 1 heterocycles. The fourth-order valence-corrected chi connectivity index (χ4v) is 2.06. The van der Waals surface area contributed by atoms with Crippen molar-refractivity contribution in [2.75, 3.05) is 13.2 Å². The maximum absolute atomic E-state index is 12.8. The first-order chi connectivity index (χ1) is 8.62. The zero-order valence-electron chi connectivity index (χ0n) is 10.4. The van der Waals surface area contributed by atoms with E-state index in [1.54, 1.807) is 12.1 Å². The Labute approximate surface area is 117 Å². The van der Waals surface area contributed by atoms with Crippen LogP contribution in [0.3, 0.4) is 0 Å². The number of carboxylic acids is 1. The highest BCUT2D eigenvalue weighted by atomic mass is 35.5. The third kappa shape index (κ3) is 3.89. The van der Waals surface area contributed by atoms with Gasteiger partial charge >= 0.3 is 5.97 Å². The van der Waals surface area contributed by atoms with Crippen molar-refractivity contribution in [1.29, 1.82) is 0 Å². The first-order valence-electron chi connectivity index (χ1n) is 5.93. The minimum absolute atomic E-state index is 0. The number of benzene rings is 1. The van der Waals surface area contributed by atoms with Gasteiger partial charge in [0.25, 0.3) is 0 Å². The molecule has 1 aromatic rings. The number of rotatable bonds is 4. The fraction of sp³-hybridized carbons (Fsp3) is 0.462. The lowest BCUT2D eigenvalue weighted by molar-refractivity contribution is -0.149. The highest BCUT2D eigenvalue weighted by Gasteiger charge is 2.39. The molecule has 0 atom stereocenters. The molecule has 0 spiro atoms. The molecule has 0 unspecified atom stereocenters. The van der Waals surface area contributed by atoms with Gasteiger partial charge in [-0.05, 0) is 30.5 Å². The number of carbonyl (C=O) groups is 1. The first-order valence-corrected chi connectivity index (χ1v) is 5.93. The van der Waals surface area contributed by atoms with Crippen molar-refractivity contribution in [3.05, 3.63) is 35.6 Å². The highest BCUT2D eigenvalue weighted by molar-refractivity contribution is 5.85. The van der Waals surface area contributed by atoms with Gasteiger partial charge in [0, 0.05) is 19.8 Å². The number of carboxylic acid groups (broad SMARTS) is 1. The van der Waals surface area contributed by atoms with Crippen LogP contribution in [0.1, 0.15) is 18.4 Å². The van der Waals surface area contributed by atoms with E-state index in [1.165, 1.54) is 12.1 Å². The molecule has 2 N–H and O–H groups in total. The molecule has 4 nitrogen and oxygen atoms in total. The first kappa shape index (κ1) is 15.9. The fourth-order valence-electron chi connectivity index (χ4n) is 2.06. The van der Waals surface area contributed by atoms with E-state index in [4.69, 9.17) is 4.74 Å². The van der Waals surface area contributed by atoms with Crippen molar-refractivity contribution in [3.63, 3.8) is 0 Å². The van der Waals surface area contributed by atoms with Gasteiger partial charge in [-0.1, -0.05) is 12.1 Å². The second kappa shape index (κ2) is 6.84. The molecule has 0 saturated carbocycles. The monoisotopic (exact) mass is 289 g/mol. The van der Waals surface area contributed by atoms with Crippen LogP contribution in [-0.2, 0) is 16.1 Å². The van der Waals surface area contributed by atoms with Crippen molar-refractivity contribution < 1.29 is 19.0 Å². The Kier molecular flexibility index (Phi) is 5.72. The smallest absolute Gasteiger partial charge is 0.324 e. The molecule has 6 heteroatoms. The molecule has 0 bridgehead atoms. The largest absolute Gasteiger partial charge is 0.480 e. The van der Waals surface area contributed by atoms with E-state index >= 15 is 0 Å². The minimum Gasteiger partial charge on any atom is -0.480 e. The molecule has 1 aliphatic rings. The van der Waals surface area contributed by atoms with E-state index < -0.39 is 11.5 Å². The Bertz CT molecular complexity index is 418. The molecule has 0 aromatic heterocycles. The van der Waals surface area contributed by atoms with Gasteiger partial charge in [-0.15, -0.1) is 12.4 Å². The second-order valence-electron chi connectivity index (χ2n) is 4.48. The van der Waals surface area contributed by atoms with Gasteiger partial charge < -0.3 is 9.84 Å². The lowest BCUT2D eigenvalue weighted by Gasteiger charge is -2.34. The quantitative estimate of drug-likeness (QED) is 0.890. The Hall–Kier alpha value is -1.17. The van der Waals surface area contributed by atoms with Gasteiger partial charge in [0.15, 0.2) is 0 Å². The van der Waals surface area contributed by atoms with Crippen molar-refractivity contribution in [2.24, 2.45) is 0 Å². The number of hydrogen-bond acceptors (Lipinski definition) is 3. The summed E-state index contributed by atoms with van der Waals surface area (Å²) in [5.74, 6) is -1.15. The molecule has 1 aliphatic heterocycles. The van der Waals surface area contributed by atoms with Crippen LogP contribution in [-0.4, -0.2) is 29.8 Å². The van der Waals surface area contributed by atoms with Crippen molar-refractivity contribution >= 4 is 18.4 Å². The molecule has 0 amide bonds. The highest BCUT2D eigenvalue weighted by Crippen LogP contribution is 2.21. The predicted molar refractivity (Wildman–Crippen MR) is 70.9 cm³/mol. The number of halogens is 2. The summed E-state index contributed by atoms with van der Waals surface area (Å²) in [6, 6.07) is 6.04. The van der Waals surface area contributed by atoms with Gasteiger partial charge in [-0.3, -0.25) is 10.1 Å². The van der Waals surface area contributed by atoms with Gasteiger partial charge in [0.05, 0.1) is 0 Å². The summed E-state index contributed by atoms with van der Waals surface area (Å²) in [6.45, 7) is 1.30. The van der Waals surface area contributed by atoms with Crippen LogP contribution in [0.4, 0.5) is 4.39 Å². The number of nitrogens with one attached hydrogen (secondary N) is 1. The van der Waals surface area contributed by atoms with Crippen LogP contribution in [0.15, 0.2) is 24.3 Å². The Morgan fingerprint density at radius 3 is 2.42 bits per heavy atom. The summed E-state index contributed by atoms with van der Waals surface area (Å²) >= 11 is 0. The van der Waals surface area contributed by atoms with Crippen LogP contribution < -0.4 is 5.32 Å². The van der Waals surface area contributed by atoms with E-state index in [0.29, 0.717) is 32.6 Å². The molecule has 19 heavy (non-hydrogen) atoms. The zero-order chi connectivity index (χ0) is 13.0. The summed E-state index contributed by atoms with van der Waals surface area (Å²) in [5, 5.41) is 12.4. The lowest BCUT2D eigenvalue weighted by atomic mass is 9.90. The maximum atomic E-state index is 12.8. The average molecular weight is 290 g/mol. The standard InChI is InChI=1S/C13H16FNO3.ClH/c14-11-3-1-10(2-4-11)9-15-13(12(16)17)5-7-18-8-6-13;/h1-4,15H,5-9H2,(H,16,17);1H. The number of aliphatic carboxylic acids is 1. The van der Waals surface area contributed by atoms with E-state index in [-0.39, 0.29) is 18.2 Å². The molecule has 1 fully saturated rings. The third-order valence-electron chi connectivity index (χ3n) is 3.30. The summed E-state index contributed by atoms with van der Waals surface area (Å²) in [5.41, 5.74) is -0.0596. The second-order valence-corrected chi connectivity index (χ2v) is 4.48. The summed E-state index contributed by atoms with van der Waals surface area (Å²) in [6.07, 6.45) is 0.896. The SMILES string of the molecule is Cl.O=C(O)C1(NCc2ccc(F)cc2)CCOCC1. The van der Waals surface area contributed by atoms with E-state index in [0.717, 1.165) is 5.56 Å². The van der Waals surface area contributed by atoms with E-state index in [2.05, 4.69) is 5.32 Å². The van der Waals surface area contributed by atoms with Crippen molar-refractivity contribution in [3.8, 4) is 0 Å². The van der Waals surface area contributed by atoms with E-state index in [9.17, 15) is 14.3 Å². The van der Waals surface area contributed by atoms with Crippen LogP contribution >= 0.6 is 12.4 Å². The van der Waals surface area contributed by atoms with Crippen LogP contribution in [0, 0.1) is 5.82 Å². The predicted octanol–water partition coefficient (Wildman–Crippen LogP) is 1.97. The number of hydrogen-bond donors (Lipinski definition) is 2. The molecule has 1 saturated heterocycles. The molecule has 0 aliphatic carbocycles. The van der Waals surface area contributed by atoms with E-state index in [1.807, 2.05) is 0 Å². The minimum atomic E-state index is -0.924. The van der Waals surface area contributed by atoms with Crippen LogP contribution in [0.2, 0.25) is 0 Å². The Morgan fingerprint density at radius 1 is 1.32 bits per heavy atom. The average Bonchev–Trinajstić information content (AvgIpc) is 2.39. The molecular formula is C13H17ClFNO3. The Morgan fingerprint density at radius 2 is 1.89 bits per heavy atom. The van der Waals surface area contributed by atoms with Gasteiger partial charge in [0.2, 0.25) is 0 Å². The summed E-state index contributed by atoms with van der Waals surface area (Å²) in [4.78, 5) is 11.4. The van der Waals surface area contributed by atoms with Crippen LogP contribution in [0.5, 0.6) is 0 Å². The van der Waals surface area contributed by atoms with Gasteiger partial charge in [-0.25, -0.2) is 4.39 Å². The third-order valence-corrected chi connectivity index (χ3v) is 3.30. The molecular weight excluding hydrogens is 273 g/mol. The van der Waals surface area contributed by atoms with Gasteiger partial charge in [-0.2, -0.15) is 0 Å². The molecule has 0 radical (unpaired) electrons. The summed E-state index contributed by atoms with van der Waals surface area (Å²) < 4.78 is 17.9. The van der Waals surface area contributed by atoms with Crippen molar-refractivity contribution in [2.45, 2.75) is 24.9 Å². The molecule has 1 aromatic carbocycles. The zero-order valence-corrected chi connectivity index (χ0v) is 11.2. The topological polar surface area (TPSA) is 58.6 Å². The molecule has 2 rings (SSSR count). The lowest BCUT2D eigenvalue weighted by Crippen LogP contribution is -2.55. The Balaban J connectivity index is 0.00000180. The van der Waals surface area contributed by atoms with Crippen molar-refractivity contribution in [1.82, 2.24) is 5.32 Å².